The molecule has 0 spiro atoms. The number of fused-ring (bicyclic) bond motifs is 10. The Balaban J connectivity index is 0.942. The summed E-state index contributed by atoms with van der Waals surface area (Å²) in [4.78, 5) is 2.38. The highest BCUT2D eigenvalue weighted by Crippen LogP contribution is 2.44. The number of nitrogens with zero attached hydrogens (tertiary/aromatic N) is 1. The van der Waals surface area contributed by atoms with Gasteiger partial charge < -0.3 is 13.7 Å². The largest absolute Gasteiger partial charge is 0.456 e. The van der Waals surface area contributed by atoms with Crippen LogP contribution in [0.4, 0.5) is 17.1 Å². The van der Waals surface area contributed by atoms with E-state index in [2.05, 4.69) is 217 Å². The predicted octanol–water partition coefficient (Wildman–Crippen LogP) is 17.4. The molecule has 13 aromatic rings. The molecule has 0 fully saturated rings. The van der Waals surface area contributed by atoms with Crippen molar-refractivity contribution in [1.82, 2.24) is 0 Å². The zero-order valence-corrected chi connectivity index (χ0v) is 34.1. The lowest BCUT2D eigenvalue weighted by Crippen LogP contribution is -2.11. The van der Waals surface area contributed by atoms with Crippen LogP contribution in [-0.2, 0) is 0 Å². The van der Waals surface area contributed by atoms with Crippen molar-refractivity contribution in [2.24, 2.45) is 0 Å². The van der Waals surface area contributed by atoms with E-state index < -0.39 is 0 Å². The maximum atomic E-state index is 6.46. The van der Waals surface area contributed by atoms with Crippen LogP contribution in [0.5, 0.6) is 0 Å². The zero-order chi connectivity index (χ0) is 41.4. The minimum atomic E-state index is 0.880. The fraction of sp³-hybridized carbons (Fsp3) is 0. The fourth-order valence-corrected chi connectivity index (χ4v) is 9.73. The normalized spacial score (nSPS) is 11.8. The van der Waals surface area contributed by atoms with Crippen LogP contribution in [0.1, 0.15) is 0 Å². The fourth-order valence-electron chi connectivity index (χ4n) is 9.73. The summed E-state index contributed by atoms with van der Waals surface area (Å²) in [6.45, 7) is 0. The molecule has 0 aliphatic heterocycles. The monoisotopic (exact) mass is 803 g/mol. The Hall–Kier alpha value is -8.40. The molecule has 0 saturated heterocycles. The van der Waals surface area contributed by atoms with Crippen LogP contribution >= 0.6 is 0 Å². The van der Waals surface area contributed by atoms with Crippen molar-refractivity contribution in [2.75, 3.05) is 4.90 Å². The first-order chi connectivity index (χ1) is 31.2. The lowest BCUT2D eigenvalue weighted by Gasteiger charge is -2.28. The SMILES string of the molecule is c1ccc(N(c2ccc(-c3ccc4c(ccc5ccccc54)c3)cc2)c2ccc(-c3cccc4c3oc3ccccc34)cc2)c(-c2ccc3oc4cc5ccccc5cc4c3c2)c1. The summed E-state index contributed by atoms with van der Waals surface area (Å²) in [5.41, 5.74) is 13.5. The summed E-state index contributed by atoms with van der Waals surface area (Å²) < 4.78 is 12.9. The van der Waals surface area contributed by atoms with Crippen molar-refractivity contribution in [3.05, 3.63) is 224 Å². The molecule has 0 radical (unpaired) electrons. The van der Waals surface area contributed by atoms with E-state index in [4.69, 9.17) is 8.83 Å². The Morgan fingerprint density at radius 1 is 0.270 bits per heavy atom. The number of hydrogen-bond acceptors (Lipinski definition) is 3. The molecule has 2 heterocycles. The third kappa shape index (κ3) is 5.82. The van der Waals surface area contributed by atoms with Gasteiger partial charge in [-0.05, 0) is 121 Å². The van der Waals surface area contributed by atoms with Crippen LogP contribution in [0.25, 0.3) is 110 Å². The van der Waals surface area contributed by atoms with Gasteiger partial charge in [0, 0.05) is 44.0 Å². The van der Waals surface area contributed by atoms with Crippen molar-refractivity contribution in [3.63, 3.8) is 0 Å². The molecular formula is C60H37NO2. The van der Waals surface area contributed by atoms with Crippen molar-refractivity contribution in [1.29, 1.82) is 0 Å². The van der Waals surface area contributed by atoms with Gasteiger partial charge in [-0.25, -0.2) is 0 Å². The van der Waals surface area contributed by atoms with Crippen LogP contribution in [0.2, 0.25) is 0 Å². The predicted molar refractivity (Wildman–Crippen MR) is 265 cm³/mol. The molecular weight excluding hydrogens is 767 g/mol. The Morgan fingerprint density at radius 2 is 0.857 bits per heavy atom. The number of anilines is 3. The Morgan fingerprint density at radius 3 is 1.70 bits per heavy atom. The minimum Gasteiger partial charge on any atom is -0.456 e. The maximum absolute atomic E-state index is 6.46. The molecule has 3 heteroatoms. The summed E-state index contributed by atoms with van der Waals surface area (Å²) in [5.74, 6) is 0. The first-order valence-electron chi connectivity index (χ1n) is 21.5. The number of benzene rings is 11. The van der Waals surface area contributed by atoms with Crippen LogP contribution < -0.4 is 4.90 Å². The lowest BCUT2D eigenvalue weighted by atomic mass is 9.97. The van der Waals surface area contributed by atoms with E-state index in [0.29, 0.717) is 0 Å². The Kier molecular flexibility index (Phi) is 7.91. The molecule has 0 atom stereocenters. The quantitative estimate of drug-likeness (QED) is 0.157. The summed E-state index contributed by atoms with van der Waals surface area (Å²) in [5, 5.41) is 11.9. The van der Waals surface area contributed by atoms with Crippen LogP contribution in [0.3, 0.4) is 0 Å². The van der Waals surface area contributed by atoms with Gasteiger partial charge in [-0.3, -0.25) is 0 Å². The van der Waals surface area contributed by atoms with E-state index >= 15 is 0 Å². The highest BCUT2D eigenvalue weighted by Gasteiger charge is 2.20. The number of hydrogen-bond donors (Lipinski definition) is 0. The molecule has 0 N–H and O–H groups in total. The van der Waals surface area contributed by atoms with Gasteiger partial charge in [0.1, 0.15) is 22.3 Å². The second-order valence-electron chi connectivity index (χ2n) is 16.5. The smallest absolute Gasteiger partial charge is 0.143 e. The molecule has 0 bridgehead atoms. The van der Waals surface area contributed by atoms with Crippen molar-refractivity contribution in [2.45, 2.75) is 0 Å². The summed E-state index contributed by atoms with van der Waals surface area (Å²) in [6.07, 6.45) is 0. The first-order valence-corrected chi connectivity index (χ1v) is 21.5. The van der Waals surface area contributed by atoms with Gasteiger partial charge in [0.05, 0.1) is 5.69 Å². The number of furan rings is 2. The van der Waals surface area contributed by atoms with E-state index in [1.807, 2.05) is 12.1 Å². The lowest BCUT2D eigenvalue weighted by molar-refractivity contribution is 0.669. The van der Waals surface area contributed by atoms with Gasteiger partial charge in [0.25, 0.3) is 0 Å². The summed E-state index contributed by atoms with van der Waals surface area (Å²) in [7, 11) is 0. The van der Waals surface area contributed by atoms with E-state index in [0.717, 1.165) is 83.2 Å². The highest BCUT2D eigenvalue weighted by atomic mass is 16.3. The third-order valence-electron chi connectivity index (χ3n) is 12.8. The van der Waals surface area contributed by atoms with Gasteiger partial charge in [-0.1, -0.05) is 158 Å². The Bertz CT molecular complexity index is 3910. The second-order valence-corrected chi connectivity index (χ2v) is 16.5. The number of rotatable bonds is 6. The van der Waals surface area contributed by atoms with Gasteiger partial charge in [-0.15, -0.1) is 0 Å². The van der Waals surface area contributed by atoms with Crippen LogP contribution in [0, 0.1) is 0 Å². The summed E-state index contributed by atoms with van der Waals surface area (Å²) in [6, 6.07) is 80.6. The molecule has 63 heavy (non-hydrogen) atoms. The summed E-state index contributed by atoms with van der Waals surface area (Å²) >= 11 is 0. The van der Waals surface area contributed by atoms with Crippen LogP contribution in [0.15, 0.2) is 233 Å². The standard InChI is InChI=1S/C60H37NO2/c1-2-12-42-37-59-55(35-41(42)11-1)54-36-45(27-33-58(54)62-59)50-14-5-7-18-56(50)61(47-30-24-40(25-31-47)51-16-9-17-53-52-15-6-8-19-57(52)63-60(51)53)46-28-22-38(23-29-46)43-26-32-49-44(34-43)21-20-39-10-3-4-13-48(39)49/h1-37H. The molecule has 13 rings (SSSR count). The second kappa shape index (κ2) is 14.1. The van der Waals surface area contributed by atoms with Gasteiger partial charge in [0.2, 0.25) is 0 Å². The van der Waals surface area contributed by atoms with E-state index in [1.165, 1.54) is 43.4 Å². The van der Waals surface area contributed by atoms with E-state index in [9.17, 15) is 0 Å². The molecule has 294 valence electrons. The molecule has 0 aliphatic carbocycles. The number of para-hydroxylation sites is 3. The van der Waals surface area contributed by atoms with Gasteiger partial charge in [0.15, 0.2) is 0 Å². The van der Waals surface area contributed by atoms with E-state index in [-0.39, 0.29) is 0 Å². The van der Waals surface area contributed by atoms with Crippen molar-refractivity contribution in [3.8, 4) is 33.4 Å². The maximum Gasteiger partial charge on any atom is 0.143 e. The van der Waals surface area contributed by atoms with Crippen molar-refractivity contribution >= 4 is 93.3 Å². The average molecular weight is 804 g/mol. The molecule has 0 aliphatic rings. The third-order valence-corrected chi connectivity index (χ3v) is 12.8. The molecule has 0 unspecified atom stereocenters. The van der Waals surface area contributed by atoms with Gasteiger partial charge in [-0.2, -0.15) is 0 Å². The topological polar surface area (TPSA) is 29.5 Å². The minimum absolute atomic E-state index is 0.880. The first kappa shape index (κ1) is 35.4. The average Bonchev–Trinajstić information content (AvgIpc) is 3.91. The molecule has 2 aromatic heterocycles. The zero-order valence-electron chi connectivity index (χ0n) is 34.1. The van der Waals surface area contributed by atoms with Crippen LogP contribution in [-0.4, -0.2) is 0 Å². The van der Waals surface area contributed by atoms with Gasteiger partial charge >= 0.3 is 0 Å². The highest BCUT2D eigenvalue weighted by molar-refractivity contribution is 6.12. The van der Waals surface area contributed by atoms with E-state index in [1.54, 1.807) is 0 Å². The molecule has 3 nitrogen and oxygen atoms in total. The molecule has 0 amide bonds. The van der Waals surface area contributed by atoms with Crippen molar-refractivity contribution < 1.29 is 8.83 Å². The molecule has 0 saturated carbocycles. The Labute approximate surface area is 363 Å². The molecule has 11 aromatic carbocycles.